The van der Waals surface area contributed by atoms with E-state index in [1.54, 1.807) is 6.92 Å². The van der Waals surface area contributed by atoms with Crippen LogP contribution in [0.15, 0.2) is 24.3 Å². The maximum atomic E-state index is 12.0. The van der Waals surface area contributed by atoms with Crippen LogP contribution in [0.2, 0.25) is 0 Å². The van der Waals surface area contributed by atoms with E-state index in [-0.39, 0.29) is 11.9 Å². The summed E-state index contributed by atoms with van der Waals surface area (Å²) in [5.74, 6) is 6.60. The molecular formula is C22H32O3. The van der Waals surface area contributed by atoms with Gasteiger partial charge in [-0.1, -0.05) is 57.6 Å². The van der Waals surface area contributed by atoms with E-state index in [0.29, 0.717) is 13.0 Å². The second-order valence-electron chi connectivity index (χ2n) is 6.20. The number of unbranched alkanes of at least 4 members (excludes halogenated alkanes) is 4. The second kappa shape index (κ2) is 13.4. The third-order valence-electron chi connectivity index (χ3n) is 4.00. The van der Waals surface area contributed by atoms with Crippen LogP contribution >= 0.6 is 0 Å². The number of benzene rings is 1. The van der Waals surface area contributed by atoms with Gasteiger partial charge < -0.3 is 9.47 Å². The van der Waals surface area contributed by atoms with Gasteiger partial charge in [-0.3, -0.25) is 4.79 Å². The van der Waals surface area contributed by atoms with Gasteiger partial charge in [0.15, 0.2) is 0 Å². The molecule has 3 nitrogen and oxygen atoms in total. The molecule has 25 heavy (non-hydrogen) atoms. The predicted molar refractivity (Wildman–Crippen MR) is 103 cm³/mol. The Morgan fingerprint density at radius 2 is 1.64 bits per heavy atom. The minimum Gasteiger partial charge on any atom is -0.494 e. The third-order valence-corrected chi connectivity index (χ3v) is 4.00. The Bertz CT molecular complexity index is 537. The molecule has 0 saturated carbocycles. The lowest BCUT2D eigenvalue weighted by atomic mass is 9.96. The lowest BCUT2D eigenvalue weighted by Crippen LogP contribution is -2.10. The summed E-state index contributed by atoms with van der Waals surface area (Å²) >= 11 is 0. The van der Waals surface area contributed by atoms with Crippen molar-refractivity contribution in [1.29, 1.82) is 0 Å². The molecule has 0 aromatic heterocycles. The first-order valence-electron chi connectivity index (χ1n) is 9.51. The Morgan fingerprint density at radius 3 is 2.24 bits per heavy atom. The molecule has 0 spiro atoms. The van der Waals surface area contributed by atoms with Crippen LogP contribution in [0, 0.1) is 11.8 Å². The van der Waals surface area contributed by atoms with Gasteiger partial charge in [0.2, 0.25) is 0 Å². The fourth-order valence-corrected chi connectivity index (χ4v) is 2.53. The number of ether oxygens (including phenoxy) is 2. The highest BCUT2D eigenvalue weighted by Gasteiger charge is 2.15. The minimum absolute atomic E-state index is 0.127. The molecule has 0 bridgehead atoms. The highest BCUT2D eigenvalue weighted by atomic mass is 16.5. The van der Waals surface area contributed by atoms with Crippen LogP contribution in [-0.2, 0) is 9.53 Å². The average Bonchev–Trinajstić information content (AvgIpc) is 2.63. The Balaban J connectivity index is 2.53. The largest absolute Gasteiger partial charge is 0.494 e. The number of hydrogen-bond donors (Lipinski definition) is 0. The van der Waals surface area contributed by atoms with Gasteiger partial charge in [-0.15, -0.1) is 5.92 Å². The average molecular weight is 344 g/mol. The number of carbonyl (C=O) groups excluding carboxylic acids is 1. The summed E-state index contributed by atoms with van der Waals surface area (Å²) in [6.45, 7) is 7.36. The first-order valence-corrected chi connectivity index (χ1v) is 9.51. The van der Waals surface area contributed by atoms with Crippen molar-refractivity contribution in [2.45, 2.75) is 71.6 Å². The molecule has 3 heteroatoms. The van der Waals surface area contributed by atoms with E-state index < -0.39 is 0 Å². The van der Waals surface area contributed by atoms with E-state index in [2.05, 4.69) is 25.7 Å². The fraction of sp³-hybridized carbons (Fsp3) is 0.591. The van der Waals surface area contributed by atoms with Crippen molar-refractivity contribution in [2.75, 3.05) is 13.2 Å². The summed E-state index contributed by atoms with van der Waals surface area (Å²) < 4.78 is 11.0. The number of hydrogen-bond acceptors (Lipinski definition) is 3. The molecule has 0 amide bonds. The smallest absolute Gasteiger partial charge is 0.307 e. The van der Waals surface area contributed by atoms with Crippen LogP contribution in [0.4, 0.5) is 0 Å². The Morgan fingerprint density at radius 1 is 1.00 bits per heavy atom. The molecule has 138 valence electrons. The van der Waals surface area contributed by atoms with Crippen molar-refractivity contribution < 1.29 is 14.3 Å². The topological polar surface area (TPSA) is 35.5 Å². The van der Waals surface area contributed by atoms with E-state index >= 15 is 0 Å². The molecule has 0 aliphatic carbocycles. The molecule has 0 aliphatic heterocycles. The molecule has 0 fully saturated rings. The molecular weight excluding hydrogens is 312 g/mol. The van der Waals surface area contributed by atoms with Crippen LogP contribution in [0.1, 0.15) is 77.2 Å². The zero-order valence-corrected chi connectivity index (χ0v) is 16.0. The molecule has 1 rings (SSSR count). The van der Waals surface area contributed by atoms with E-state index in [0.717, 1.165) is 43.6 Å². The predicted octanol–water partition coefficient (Wildman–Crippen LogP) is 5.49. The summed E-state index contributed by atoms with van der Waals surface area (Å²) in [4.78, 5) is 12.0. The van der Waals surface area contributed by atoms with Crippen molar-refractivity contribution in [3.05, 3.63) is 29.8 Å². The molecule has 0 saturated heterocycles. The summed E-state index contributed by atoms with van der Waals surface area (Å²) in [5, 5.41) is 0. The monoisotopic (exact) mass is 344 g/mol. The first kappa shape index (κ1) is 21.1. The van der Waals surface area contributed by atoms with Gasteiger partial charge in [-0.2, -0.15) is 0 Å². The summed E-state index contributed by atoms with van der Waals surface area (Å²) in [6, 6.07) is 7.90. The van der Waals surface area contributed by atoms with Crippen LogP contribution in [0.5, 0.6) is 5.75 Å². The minimum atomic E-state index is -0.177. The van der Waals surface area contributed by atoms with Gasteiger partial charge in [0.25, 0.3) is 0 Å². The van der Waals surface area contributed by atoms with Crippen molar-refractivity contribution in [3.63, 3.8) is 0 Å². The van der Waals surface area contributed by atoms with Crippen molar-refractivity contribution in [1.82, 2.24) is 0 Å². The zero-order chi connectivity index (χ0) is 18.3. The van der Waals surface area contributed by atoms with Gasteiger partial charge in [0.05, 0.1) is 25.6 Å². The molecule has 1 aromatic carbocycles. The van der Waals surface area contributed by atoms with Crippen LogP contribution in [0.3, 0.4) is 0 Å². The van der Waals surface area contributed by atoms with Gasteiger partial charge in [-0.05, 0) is 37.5 Å². The second-order valence-corrected chi connectivity index (χ2v) is 6.20. The summed E-state index contributed by atoms with van der Waals surface area (Å²) in [5.41, 5.74) is 1.03. The number of carbonyl (C=O) groups is 1. The first-order chi connectivity index (χ1) is 12.2. The lowest BCUT2D eigenvalue weighted by molar-refractivity contribution is -0.143. The van der Waals surface area contributed by atoms with E-state index in [1.807, 2.05) is 24.3 Å². The zero-order valence-electron chi connectivity index (χ0n) is 16.0. The normalized spacial score (nSPS) is 11.3. The Hall–Kier alpha value is -1.95. The van der Waals surface area contributed by atoms with Crippen molar-refractivity contribution >= 4 is 5.97 Å². The number of rotatable bonds is 12. The maximum absolute atomic E-state index is 12.0. The molecule has 0 heterocycles. The summed E-state index contributed by atoms with van der Waals surface area (Å²) in [7, 11) is 0. The van der Waals surface area contributed by atoms with Crippen LogP contribution < -0.4 is 4.74 Å². The molecule has 0 N–H and O–H groups in total. The van der Waals surface area contributed by atoms with Crippen LogP contribution in [-0.4, -0.2) is 19.2 Å². The van der Waals surface area contributed by atoms with Crippen molar-refractivity contribution in [2.24, 2.45) is 0 Å². The van der Waals surface area contributed by atoms with Gasteiger partial charge in [0, 0.05) is 0 Å². The standard InChI is InChI=1S/C22H32O3/c1-4-7-9-16-24-21-14-12-19(13-15-21)20(11-6-3)18-22(23)25-17-10-8-5-2/h12-15,20H,4-5,7-10,16-18H2,1-3H3. The van der Waals surface area contributed by atoms with Crippen molar-refractivity contribution in [3.8, 4) is 17.6 Å². The quantitative estimate of drug-likeness (QED) is 0.286. The molecule has 0 radical (unpaired) electrons. The van der Waals surface area contributed by atoms with E-state index in [1.165, 1.54) is 12.8 Å². The molecule has 1 atom stereocenters. The van der Waals surface area contributed by atoms with Gasteiger partial charge in [-0.25, -0.2) is 0 Å². The molecule has 1 unspecified atom stereocenters. The maximum Gasteiger partial charge on any atom is 0.307 e. The van der Waals surface area contributed by atoms with E-state index in [9.17, 15) is 4.79 Å². The third kappa shape index (κ3) is 9.19. The van der Waals surface area contributed by atoms with E-state index in [4.69, 9.17) is 9.47 Å². The highest BCUT2D eigenvalue weighted by molar-refractivity contribution is 5.71. The summed E-state index contributed by atoms with van der Waals surface area (Å²) in [6.07, 6.45) is 6.88. The molecule has 1 aromatic rings. The van der Waals surface area contributed by atoms with Gasteiger partial charge in [0.1, 0.15) is 5.75 Å². The fourth-order valence-electron chi connectivity index (χ4n) is 2.53. The SMILES string of the molecule is CC#CC(CC(=O)OCCCCC)c1ccc(OCCCCC)cc1. The highest BCUT2D eigenvalue weighted by Crippen LogP contribution is 2.23. The Labute approximate surface area is 153 Å². The van der Waals surface area contributed by atoms with Crippen LogP contribution in [0.25, 0.3) is 0 Å². The number of esters is 1. The lowest BCUT2D eigenvalue weighted by Gasteiger charge is -2.12. The Kier molecular flexibility index (Phi) is 11.3. The molecule has 0 aliphatic rings. The van der Waals surface area contributed by atoms with Gasteiger partial charge >= 0.3 is 5.97 Å².